The van der Waals surface area contributed by atoms with Crippen molar-refractivity contribution < 1.29 is 4.74 Å². The Morgan fingerprint density at radius 3 is 2.53 bits per heavy atom. The molecule has 174 valence electrons. The fourth-order valence-corrected chi connectivity index (χ4v) is 6.28. The number of pyridine rings is 2. The molecule has 4 heterocycles. The van der Waals surface area contributed by atoms with E-state index in [9.17, 15) is 0 Å². The number of nitrogens with zero attached hydrogens (tertiary/aromatic N) is 4. The Bertz CT molecular complexity index is 1360. The summed E-state index contributed by atoms with van der Waals surface area (Å²) in [6, 6.07) is 14.2. The van der Waals surface area contributed by atoms with Gasteiger partial charge in [0.05, 0.1) is 5.52 Å². The van der Waals surface area contributed by atoms with Gasteiger partial charge in [-0.1, -0.05) is 12.1 Å². The average Bonchev–Trinajstić information content (AvgIpc) is 3.06. The van der Waals surface area contributed by atoms with Gasteiger partial charge < -0.3 is 19.5 Å². The van der Waals surface area contributed by atoms with Gasteiger partial charge in [0.15, 0.2) is 0 Å². The SMILES string of the molecule is CN(C1CC(Oc2ccc(-c3ccc4c5cnccc5n(C)c4c3)cn2)C1)C1CC2(CNC2)C1. The Morgan fingerprint density at radius 2 is 1.79 bits per heavy atom. The molecular weight excluding hydrogens is 422 g/mol. The molecule has 1 N–H and O–H groups in total. The monoisotopic (exact) mass is 453 g/mol. The maximum atomic E-state index is 6.20. The first-order valence-corrected chi connectivity index (χ1v) is 12.5. The molecule has 0 amide bonds. The lowest BCUT2D eigenvalue weighted by molar-refractivity contribution is -0.0728. The lowest BCUT2D eigenvalue weighted by atomic mass is 9.61. The average molecular weight is 454 g/mol. The summed E-state index contributed by atoms with van der Waals surface area (Å²) in [5.74, 6) is 0.731. The predicted octanol–water partition coefficient (Wildman–Crippen LogP) is 4.38. The number of benzene rings is 1. The number of ether oxygens (including phenoxy) is 1. The molecule has 1 spiro atoms. The molecule has 7 rings (SSSR count). The maximum absolute atomic E-state index is 6.20. The molecule has 34 heavy (non-hydrogen) atoms. The van der Waals surface area contributed by atoms with Crippen molar-refractivity contribution in [3.63, 3.8) is 0 Å². The second-order valence-corrected chi connectivity index (χ2v) is 10.8. The number of aromatic nitrogens is 3. The van der Waals surface area contributed by atoms with Crippen molar-refractivity contribution in [2.24, 2.45) is 12.5 Å². The van der Waals surface area contributed by atoms with E-state index in [2.05, 4.69) is 69.2 Å². The van der Waals surface area contributed by atoms with Crippen LogP contribution in [0.4, 0.5) is 0 Å². The molecule has 3 aromatic heterocycles. The Balaban J connectivity index is 1.00. The van der Waals surface area contributed by atoms with Crippen molar-refractivity contribution in [3.05, 3.63) is 55.0 Å². The van der Waals surface area contributed by atoms with Crippen LogP contribution in [-0.4, -0.2) is 57.8 Å². The smallest absolute Gasteiger partial charge is 0.213 e. The highest BCUT2D eigenvalue weighted by atomic mass is 16.5. The van der Waals surface area contributed by atoms with Crippen LogP contribution in [0.15, 0.2) is 55.0 Å². The van der Waals surface area contributed by atoms with Crippen LogP contribution < -0.4 is 10.1 Å². The summed E-state index contributed by atoms with van der Waals surface area (Å²) in [4.78, 5) is 11.5. The van der Waals surface area contributed by atoms with Crippen molar-refractivity contribution in [1.29, 1.82) is 0 Å². The zero-order valence-electron chi connectivity index (χ0n) is 19.9. The fourth-order valence-electron chi connectivity index (χ4n) is 6.28. The summed E-state index contributed by atoms with van der Waals surface area (Å²) in [5.41, 5.74) is 5.31. The van der Waals surface area contributed by atoms with Crippen molar-refractivity contribution in [2.75, 3.05) is 20.1 Å². The van der Waals surface area contributed by atoms with Crippen LogP contribution in [0.25, 0.3) is 32.9 Å². The van der Waals surface area contributed by atoms with Crippen LogP contribution in [0.5, 0.6) is 5.88 Å². The van der Waals surface area contributed by atoms with Crippen molar-refractivity contribution in [3.8, 4) is 17.0 Å². The van der Waals surface area contributed by atoms with Crippen molar-refractivity contribution >= 4 is 21.8 Å². The Labute approximate surface area is 199 Å². The Kier molecular flexibility index (Phi) is 4.52. The number of rotatable bonds is 5. The molecule has 1 aromatic carbocycles. The van der Waals surface area contributed by atoms with E-state index < -0.39 is 0 Å². The predicted molar refractivity (Wildman–Crippen MR) is 135 cm³/mol. The highest BCUT2D eigenvalue weighted by Crippen LogP contribution is 2.48. The van der Waals surface area contributed by atoms with Gasteiger partial charge in [0.1, 0.15) is 6.10 Å². The molecule has 0 atom stereocenters. The first kappa shape index (κ1) is 20.4. The number of hydrogen-bond donors (Lipinski definition) is 1. The van der Waals surface area contributed by atoms with Gasteiger partial charge in [0.2, 0.25) is 5.88 Å². The summed E-state index contributed by atoms with van der Waals surface area (Å²) in [7, 11) is 4.42. The molecule has 0 unspecified atom stereocenters. The number of aryl methyl sites for hydroxylation is 1. The second-order valence-electron chi connectivity index (χ2n) is 10.8. The molecule has 3 aliphatic rings. The largest absolute Gasteiger partial charge is 0.474 e. The molecule has 6 nitrogen and oxygen atoms in total. The molecule has 1 aliphatic heterocycles. The van der Waals surface area contributed by atoms with Gasteiger partial charge >= 0.3 is 0 Å². The van der Waals surface area contributed by atoms with Gasteiger partial charge in [-0.05, 0) is 49.1 Å². The van der Waals surface area contributed by atoms with Crippen LogP contribution in [0.3, 0.4) is 0 Å². The molecule has 0 radical (unpaired) electrons. The lowest BCUT2D eigenvalue weighted by Gasteiger charge is -2.59. The summed E-state index contributed by atoms with van der Waals surface area (Å²) in [5, 5.41) is 5.86. The lowest BCUT2D eigenvalue weighted by Crippen LogP contribution is -2.66. The topological polar surface area (TPSA) is 55.2 Å². The molecule has 0 bridgehead atoms. The standard InChI is InChI=1S/C28H31N5O/c1-32(21-12-28(13-21)16-30-17-28)20-10-22(11-20)34-27-6-4-19(14-31-27)18-3-5-23-24-15-29-8-7-25(24)33(2)26(23)9-18/h3-9,14-15,20-22,30H,10-13,16-17H2,1-2H3. The Hall–Kier alpha value is -2.96. The van der Waals surface area contributed by atoms with E-state index >= 15 is 0 Å². The van der Waals surface area contributed by atoms with Gasteiger partial charge in [-0.2, -0.15) is 0 Å². The van der Waals surface area contributed by atoms with Gasteiger partial charge in [0.25, 0.3) is 0 Å². The molecule has 4 aromatic rings. The summed E-state index contributed by atoms with van der Waals surface area (Å²) in [6.07, 6.45) is 11.0. The number of hydrogen-bond acceptors (Lipinski definition) is 5. The maximum Gasteiger partial charge on any atom is 0.213 e. The van der Waals surface area contributed by atoms with E-state index in [-0.39, 0.29) is 6.10 Å². The number of fused-ring (bicyclic) bond motifs is 3. The van der Waals surface area contributed by atoms with Gasteiger partial charge in [-0.15, -0.1) is 0 Å². The van der Waals surface area contributed by atoms with Crippen LogP contribution in [0.1, 0.15) is 25.7 Å². The first-order chi connectivity index (χ1) is 16.6. The van der Waals surface area contributed by atoms with Crippen molar-refractivity contribution in [1.82, 2.24) is 24.8 Å². The first-order valence-electron chi connectivity index (χ1n) is 12.5. The minimum atomic E-state index is 0.283. The number of nitrogens with one attached hydrogen (secondary N) is 1. The van der Waals surface area contributed by atoms with Gasteiger partial charge in [0, 0.05) is 91.6 Å². The molecule has 2 saturated carbocycles. The minimum absolute atomic E-state index is 0.283. The van der Waals surface area contributed by atoms with E-state index in [4.69, 9.17) is 4.74 Å². The van der Waals surface area contributed by atoms with E-state index in [0.717, 1.165) is 35.9 Å². The zero-order valence-corrected chi connectivity index (χ0v) is 19.9. The van der Waals surface area contributed by atoms with Crippen molar-refractivity contribution in [2.45, 2.75) is 43.9 Å². The third-order valence-corrected chi connectivity index (χ3v) is 8.72. The van der Waals surface area contributed by atoms with Crippen LogP contribution >= 0.6 is 0 Å². The molecule has 6 heteroatoms. The second kappa shape index (κ2) is 7.52. The van der Waals surface area contributed by atoms with E-state index in [1.807, 2.05) is 24.7 Å². The third kappa shape index (κ3) is 3.16. The van der Waals surface area contributed by atoms with E-state index in [0.29, 0.717) is 11.5 Å². The summed E-state index contributed by atoms with van der Waals surface area (Å²) in [6.45, 7) is 2.45. The van der Waals surface area contributed by atoms with Crippen LogP contribution in [0, 0.1) is 5.41 Å². The zero-order chi connectivity index (χ0) is 22.9. The fraction of sp³-hybridized carbons (Fsp3) is 0.429. The minimum Gasteiger partial charge on any atom is -0.474 e. The van der Waals surface area contributed by atoms with E-state index in [1.54, 1.807) is 0 Å². The molecular formula is C28H31N5O. The highest BCUT2D eigenvalue weighted by molar-refractivity contribution is 6.08. The third-order valence-electron chi connectivity index (χ3n) is 8.72. The summed E-state index contributed by atoms with van der Waals surface area (Å²) >= 11 is 0. The van der Waals surface area contributed by atoms with Crippen LogP contribution in [-0.2, 0) is 7.05 Å². The highest BCUT2D eigenvalue weighted by Gasteiger charge is 2.51. The van der Waals surface area contributed by atoms with Crippen LogP contribution in [0.2, 0.25) is 0 Å². The molecule has 1 saturated heterocycles. The van der Waals surface area contributed by atoms with Gasteiger partial charge in [-0.25, -0.2) is 4.98 Å². The Morgan fingerprint density at radius 1 is 0.971 bits per heavy atom. The summed E-state index contributed by atoms with van der Waals surface area (Å²) < 4.78 is 8.43. The normalized spacial score (nSPS) is 23.7. The molecule has 2 aliphatic carbocycles. The molecule has 3 fully saturated rings. The van der Waals surface area contributed by atoms with E-state index in [1.165, 1.54) is 47.7 Å². The quantitative estimate of drug-likeness (QED) is 0.486. The van der Waals surface area contributed by atoms with Gasteiger partial charge in [-0.3, -0.25) is 4.98 Å².